The van der Waals surface area contributed by atoms with Crippen LogP contribution in [0.4, 0.5) is 0 Å². The third-order valence-corrected chi connectivity index (χ3v) is 4.19. The van der Waals surface area contributed by atoms with Gasteiger partial charge in [0.05, 0.1) is 5.92 Å². The highest BCUT2D eigenvalue weighted by atomic mass is 16.4. The lowest BCUT2D eigenvalue weighted by molar-refractivity contribution is -0.142. The summed E-state index contributed by atoms with van der Waals surface area (Å²) in [7, 11) is 0. The first kappa shape index (κ1) is 15.3. The van der Waals surface area contributed by atoms with E-state index in [0.29, 0.717) is 19.5 Å². The first-order valence-corrected chi connectivity index (χ1v) is 7.21. The highest BCUT2D eigenvalue weighted by molar-refractivity contribution is 5.80. The summed E-state index contributed by atoms with van der Waals surface area (Å²) in [6, 6.07) is 9.77. The number of rotatable bonds is 5. The fourth-order valence-electron chi connectivity index (χ4n) is 2.85. The maximum Gasteiger partial charge on any atom is 0.308 e. The number of benzene rings is 1. The zero-order chi connectivity index (χ0) is 15.4. The lowest BCUT2D eigenvalue weighted by Gasteiger charge is -2.19. The van der Waals surface area contributed by atoms with Gasteiger partial charge < -0.3 is 10.0 Å². The van der Waals surface area contributed by atoms with Gasteiger partial charge in [0.25, 0.3) is 0 Å². The van der Waals surface area contributed by atoms with Crippen molar-refractivity contribution in [2.45, 2.75) is 19.3 Å². The van der Waals surface area contributed by atoms with Crippen molar-refractivity contribution < 1.29 is 14.7 Å². The largest absolute Gasteiger partial charge is 0.481 e. The molecule has 1 saturated heterocycles. The molecule has 112 valence electrons. The zero-order valence-electron chi connectivity index (χ0n) is 12.2. The second-order valence-corrected chi connectivity index (χ2v) is 5.68. The van der Waals surface area contributed by atoms with Crippen LogP contribution in [0.15, 0.2) is 43.0 Å². The molecule has 3 atom stereocenters. The minimum Gasteiger partial charge on any atom is -0.481 e. The molecular formula is C17H21NO3. The molecule has 2 rings (SSSR count). The van der Waals surface area contributed by atoms with Crippen LogP contribution < -0.4 is 0 Å². The third kappa shape index (κ3) is 3.51. The summed E-state index contributed by atoms with van der Waals surface area (Å²) in [6.07, 6.45) is 2.12. The molecule has 0 spiro atoms. The Morgan fingerprint density at radius 3 is 2.57 bits per heavy atom. The number of likely N-dealkylation sites (tertiary alicyclic amines) is 1. The molecule has 1 aromatic carbocycles. The van der Waals surface area contributed by atoms with Gasteiger partial charge in [-0.1, -0.05) is 43.3 Å². The van der Waals surface area contributed by atoms with E-state index in [2.05, 4.69) is 6.58 Å². The first-order valence-electron chi connectivity index (χ1n) is 7.21. The molecule has 1 unspecified atom stereocenters. The molecule has 1 aliphatic rings. The maximum absolute atomic E-state index is 12.4. The number of carbonyl (C=O) groups is 2. The quantitative estimate of drug-likeness (QED) is 0.847. The van der Waals surface area contributed by atoms with Gasteiger partial charge in [-0.15, -0.1) is 6.58 Å². The molecule has 0 aliphatic carbocycles. The molecule has 1 amide bonds. The van der Waals surface area contributed by atoms with Gasteiger partial charge in [-0.3, -0.25) is 9.59 Å². The molecular weight excluding hydrogens is 266 g/mol. The van der Waals surface area contributed by atoms with Gasteiger partial charge in [0, 0.05) is 25.4 Å². The van der Waals surface area contributed by atoms with Crippen molar-refractivity contribution >= 4 is 11.9 Å². The summed E-state index contributed by atoms with van der Waals surface area (Å²) in [6.45, 7) is 6.53. The number of carboxylic acids is 1. The Bertz CT molecular complexity index is 526. The van der Waals surface area contributed by atoms with Crippen molar-refractivity contribution in [2.75, 3.05) is 13.1 Å². The first-order chi connectivity index (χ1) is 10.0. The monoisotopic (exact) mass is 287 g/mol. The molecule has 0 bridgehead atoms. The Kier molecular flexibility index (Phi) is 4.78. The third-order valence-electron chi connectivity index (χ3n) is 4.19. The van der Waals surface area contributed by atoms with Gasteiger partial charge in [-0.05, 0) is 11.5 Å². The number of aliphatic carboxylic acids is 1. The van der Waals surface area contributed by atoms with Crippen LogP contribution in [0.5, 0.6) is 0 Å². The van der Waals surface area contributed by atoms with E-state index in [1.54, 1.807) is 11.0 Å². The molecule has 1 aromatic rings. The molecule has 1 heterocycles. The number of carbonyl (C=O) groups excluding carboxylic acids is 1. The fraction of sp³-hybridized carbons (Fsp3) is 0.412. The van der Waals surface area contributed by atoms with Gasteiger partial charge in [-0.2, -0.15) is 0 Å². The van der Waals surface area contributed by atoms with E-state index in [4.69, 9.17) is 5.11 Å². The fourth-order valence-corrected chi connectivity index (χ4v) is 2.85. The highest BCUT2D eigenvalue weighted by Gasteiger charge is 2.37. The number of hydrogen-bond acceptors (Lipinski definition) is 2. The minimum atomic E-state index is -0.818. The lowest BCUT2D eigenvalue weighted by Crippen LogP contribution is -2.30. The molecule has 4 nitrogen and oxygen atoms in total. The van der Waals surface area contributed by atoms with Gasteiger partial charge in [0.15, 0.2) is 0 Å². The van der Waals surface area contributed by atoms with E-state index in [0.717, 1.165) is 5.56 Å². The molecule has 0 saturated carbocycles. The Morgan fingerprint density at radius 2 is 2.05 bits per heavy atom. The van der Waals surface area contributed by atoms with Gasteiger partial charge in [0.2, 0.25) is 5.91 Å². The number of allylic oxidation sites excluding steroid dienone is 1. The van der Waals surface area contributed by atoms with Crippen molar-refractivity contribution in [1.82, 2.24) is 4.90 Å². The highest BCUT2D eigenvalue weighted by Crippen LogP contribution is 2.27. The number of hydrogen-bond donors (Lipinski definition) is 1. The predicted molar refractivity (Wildman–Crippen MR) is 80.9 cm³/mol. The van der Waals surface area contributed by atoms with Crippen LogP contribution in [0.25, 0.3) is 0 Å². The number of carboxylic acid groups (broad SMARTS) is 1. The van der Waals surface area contributed by atoms with Crippen LogP contribution in [0.3, 0.4) is 0 Å². The van der Waals surface area contributed by atoms with Gasteiger partial charge in [-0.25, -0.2) is 0 Å². The van der Waals surface area contributed by atoms with Crippen molar-refractivity contribution in [3.05, 3.63) is 48.6 Å². The predicted octanol–water partition coefficient (Wildman–Crippen LogP) is 2.53. The summed E-state index contributed by atoms with van der Waals surface area (Å²) in [5.74, 6) is -1.29. The van der Waals surface area contributed by atoms with Crippen molar-refractivity contribution in [2.24, 2.45) is 11.8 Å². The Labute approximate surface area is 125 Å². The van der Waals surface area contributed by atoms with Crippen LogP contribution in [-0.4, -0.2) is 35.0 Å². The summed E-state index contributed by atoms with van der Waals surface area (Å²) in [5, 5.41) is 9.14. The van der Waals surface area contributed by atoms with Crippen LogP contribution in [0.1, 0.15) is 24.8 Å². The van der Waals surface area contributed by atoms with Crippen LogP contribution >= 0.6 is 0 Å². The molecule has 4 heteroatoms. The van der Waals surface area contributed by atoms with E-state index < -0.39 is 11.9 Å². The maximum atomic E-state index is 12.4. The van der Waals surface area contributed by atoms with Crippen LogP contribution in [-0.2, 0) is 9.59 Å². The molecule has 21 heavy (non-hydrogen) atoms. The van der Waals surface area contributed by atoms with E-state index in [9.17, 15) is 9.59 Å². The van der Waals surface area contributed by atoms with E-state index in [1.165, 1.54) is 0 Å². The Balaban J connectivity index is 2.01. The lowest BCUT2D eigenvalue weighted by atomic mass is 9.95. The molecule has 1 N–H and O–H groups in total. The number of amides is 1. The smallest absolute Gasteiger partial charge is 0.308 e. The second kappa shape index (κ2) is 6.57. The van der Waals surface area contributed by atoms with Gasteiger partial charge in [0.1, 0.15) is 0 Å². The molecule has 0 aromatic heterocycles. The molecule has 0 radical (unpaired) electrons. The van der Waals surface area contributed by atoms with Crippen LogP contribution in [0, 0.1) is 11.8 Å². The Hall–Kier alpha value is -2.10. The van der Waals surface area contributed by atoms with Crippen LogP contribution in [0.2, 0.25) is 0 Å². The van der Waals surface area contributed by atoms with E-state index >= 15 is 0 Å². The van der Waals surface area contributed by atoms with Crippen molar-refractivity contribution in [3.8, 4) is 0 Å². The zero-order valence-corrected chi connectivity index (χ0v) is 12.2. The normalized spacial score (nSPS) is 22.8. The standard InChI is InChI=1S/C17H21NO3/c1-3-13(14-7-5-4-6-8-14)9-16(19)18-10-12(2)15(11-18)17(20)21/h3-8,12-13,15H,1,9-11H2,2H3,(H,20,21)/t12-,13?,15-/m1/s1. The summed E-state index contributed by atoms with van der Waals surface area (Å²) < 4.78 is 0. The van der Waals surface area contributed by atoms with Gasteiger partial charge >= 0.3 is 5.97 Å². The van der Waals surface area contributed by atoms with Crippen molar-refractivity contribution in [1.29, 1.82) is 0 Å². The average molecular weight is 287 g/mol. The Morgan fingerprint density at radius 1 is 1.38 bits per heavy atom. The van der Waals surface area contributed by atoms with E-state index in [-0.39, 0.29) is 17.7 Å². The summed E-state index contributed by atoms with van der Waals surface area (Å²) in [5.41, 5.74) is 1.06. The minimum absolute atomic E-state index is 0.000599. The molecule has 1 aliphatic heterocycles. The second-order valence-electron chi connectivity index (χ2n) is 5.68. The average Bonchev–Trinajstić information content (AvgIpc) is 2.87. The summed E-state index contributed by atoms with van der Waals surface area (Å²) in [4.78, 5) is 25.2. The molecule has 1 fully saturated rings. The summed E-state index contributed by atoms with van der Waals surface area (Å²) >= 11 is 0. The van der Waals surface area contributed by atoms with Crippen molar-refractivity contribution in [3.63, 3.8) is 0 Å². The van der Waals surface area contributed by atoms with E-state index in [1.807, 2.05) is 37.3 Å². The number of nitrogens with zero attached hydrogens (tertiary/aromatic N) is 1. The SMILES string of the molecule is C=CC(CC(=O)N1C[C@@H](C)[C@H](C(=O)O)C1)c1ccccc1. The topological polar surface area (TPSA) is 57.6 Å².